The van der Waals surface area contributed by atoms with E-state index in [1.807, 2.05) is 6.92 Å². The van der Waals surface area contributed by atoms with Crippen LogP contribution in [0.5, 0.6) is 0 Å². The van der Waals surface area contributed by atoms with Crippen molar-refractivity contribution in [2.24, 2.45) is 11.8 Å². The first-order valence-corrected chi connectivity index (χ1v) is 7.30. The fraction of sp³-hybridized carbons (Fsp3) is 0.800. The highest BCUT2D eigenvalue weighted by molar-refractivity contribution is 5.67. The Labute approximate surface area is 130 Å². The summed E-state index contributed by atoms with van der Waals surface area (Å²) in [7, 11) is 0. The molecule has 1 unspecified atom stereocenters. The van der Waals surface area contributed by atoms with Crippen molar-refractivity contribution < 1.29 is 33.3 Å². The number of hydrogen-bond donors (Lipinski definition) is 0. The highest BCUT2D eigenvalue weighted by Gasteiger charge is 2.47. The van der Waals surface area contributed by atoms with Crippen molar-refractivity contribution in [3.8, 4) is 0 Å². The lowest BCUT2D eigenvalue weighted by Gasteiger charge is -2.44. The van der Waals surface area contributed by atoms with E-state index >= 15 is 0 Å². The highest BCUT2D eigenvalue weighted by Crippen LogP contribution is 2.35. The zero-order valence-electron chi connectivity index (χ0n) is 13.8. The maximum absolute atomic E-state index is 11.3. The molecule has 1 rings (SSSR count). The number of esters is 3. The summed E-state index contributed by atoms with van der Waals surface area (Å²) in [5, 5.41) is 0. The molecule has 0 amide bonds. The average Bonchev–Trinajstić information content (AvgIpc) is 2.36. The van der Waals surface area contributed by atoms with Gasteiger partial charge in [-0.3, -0.25) is 14.4 Å². The van der Waals surface area contributed by atoms with Gasteiger partial charge >= 0.3 is 17.9 Å². The quantitative estimate of drug-likeness (QED) is 0.572. The lowest BCUT2D eigenvalue weighted by molar-refractivity contribution is -0.272. The van der Waals surface area contributed by atoms with Gasteiger partial charge in [0, 0.05) is 26.7 Å². The van der Waals surface area contributed by atoms with E-state index in [1.165, 1.54) is 20.8 Å². The molecular formula is C15H24O7. The summed E-state index contributed by atoms with van der Waals surface area (Å²) in [5.41, 5.74) is 0. The lowest BCUT2D eigenvalue weighted by atomic mass is 9.83. The minimum atomic E-state index is -0.860. The Balaban J connectivity index is 2.98. The maximum Gasteiger partial charge on any atom is 0.304 e. The van der Waals surface area contributed by atoms with Crippen LogP contribution in [0.1, 0.15) is 41.5 Å². The molecule has 0 saturated carbocycles. The Kier molecular flexibility index (Phi) is 6.34. The second kappa shape index (κ2) is 7.58. The monoisotopic (exact) mass is 316 g/mol. The van der Waals surface area contributed by atoms with Crippen molar-refractivity contribution in [3.05, 3.63) is 0 Å². The summed E-state index contributed by atoms with van der Waals surface area (Å²) in [6.45, 7) is 9.22. The van der Waals surface area contributed by atoms with Crippen LogP contribution in [0.2, 0.25) is 0 Å². The van der Waals surface area contributed by atoms with Crippen LogP contribution in [0.3, 0.4) is 0 Å². The van der Waals surface area contributed by atoms with Crippen LogP contribution in [0, 0.1) is 11.8 Å². The molecule has 0 aromatic heterocycles. The van der Waals surface area contributed by atoms with Crippen molar-refractivity contribution in [3.63, 3.8) is 0 Å². The van der Waals surface area contributed by atoms with Crippen molar-refractivity contribution in [2.75, 3.05) is 0 Å². The smallest absolute Gasteiger partial charge is 0.304 e. The van der Waals surface area contributed by atoms with Crippen molar-refractivity contribution in [1.82, 2.24) is 0 Å². The molecule has 7 heteroatoms. The summed E-state index contributed by atoms with van der Waals surface area (Å²) >= 11 is 0. The fourth-order valence-corrected chi connectivity index (χ4v) is 2.80. The third kappa shape index (κ3) is 4.69. The fourth-order valence-electron chi connectivity index (χ4n) is 2.80. The molecule has 0 radical (unpaired) electrons. The maximum atomic E-state index is 11.3. The normalized spacial score (nSPS) is 32.7. The van der Waals surface area contributed by atoms with E-state index < -0.39 is 42.5 Å². The van der Waals surface area contributed by atoms with Gasteiger partial charge in [-0.15, -0.1) is 0 Å². The Hall–Kier alpha value is -1.63. The Morgan fingerprint density at radius 3 is 1.91 bits per heavy atom. The first-order chi connectivity index (χ1) is 10.1. The van der Waals surface area contributed by atoms with E-state index in [0.29, 0.717) is 0 Å². The molecule has 6 atom stereocenters. The van der Waals surface area contributed by atoms with Crippen LogP contribution in [0.15, 0.2) is 0 Å². The lowest BCUT2D eigenvalue weighted by Crippen LogP contribution is -2.55. The van der Waals surface area contributed by atoms with Crippen LogP contribution in [0.25, 0.3) is 0 Å². The van der Waals surface area contributed by atoms with E-state index in [-0.39, 0.29) is 11.8 Å². The number of ether oxygens (including phenoxy) is 4. The zero-order chi connectivity index (χ0) is 17.0. The topological polar surface area (TPSA) is 88.1 Å². The van der Waals surface area contributed by atoms with E-state index in [9.17, 15) is 14.4 Å². The third-order valence-electron chi connectivity index (χ3n) is 3.67. The van der Waals surface area contributed by atoms with E-state index in [0.717, 1.165) is 0 Å². The van der Waals surface area contributed by atoms with E-state index in [2.05, 4.69) is 0 Å². The molecule has 0 bridgehead atoms. The van der Waals surface area contributed by atoms with Crippen molar-refractivity contribution in [1.29, 1.82) is 0 Å². The third-order valence-corrected chi connectivity index (χ3v) is 3.67. The van der Waals surface area contributed by atoms with E-state index in [1.54, 1.807) is 13.8 Å². The second-order valence-corrected chi connectivity index (χ2v) is 5.69. The molecule has 1 fully saturated rings. The summed E-state index contributed by atoms with van der Waals surface area (Å²) in [5.74, 6) is -1.91. The molecule has 7 nitrogen and oxygen atoms in total. The summed E-state index contributed by atoms with van der Waals surface area (Å²) in [6.07, 6.45) is -2.47. The predicted octanol–water partition coefficient (Wildman–Crippen LogP) is 1.43. The van der Waals surface area contributed by atoms with Crippen LogP contribution >= 0.6 is 0 Å². The van der Waals surface area contributed by atoms with Gasteiger partial charge in [0.1, 0.15) is 18.3 Å². The molecule has 0 aromatic rings. The second-order valence-electron chi connectivity index (χ2n) is 5.69. The van der Waals surface area contributed by atoms with Gasteiger partial charge in [0.15, 0.2) is 0 Å². The predicted molar refractivity (Wildman–Crippen MR) is 75.5 cm³/mol. The molecule has 1 heterocycles. The Morgan fingerprint density at radius 1 is 0.909 bits per heavy atom. The Bertz CT molecular complexity index is 434. The highest BCUT2D eigenvalue weighted by atomic mass is 16.7. The molecule has 1 saturated heterocycles. The van der Waals surface area contributed by atoms with Gasteiger partial charge < -0.3 is 18.9 Å². The summed E-state index contributed by atoms with van der Waals surface area (Å²) in [6, 6.07) is 0. The first kappa shape index (κ1) is 18.4. The van der Waals surface area contributed by atoms with Gasteiger partial charge in [0.05, 0.1) is 5.92 Å². The van der Waals surface area contributed by atoms with Gasteiger partial charge in [0.25, 0.3) is 0 Å². The number of carbonyl (C=O) groups is 3. The molecule has 22 heavy (non-hydrogen) atoms. The van der Waals surface area contributed by atoms with Gasteiger partial charge in [0.2, 0.25) is 6.29 Å². The largest absolute Gasteiger partial charge is 0.462 e. The van der Waals surface area contributed by atoms with E-state index in [4.69, 9.17) is 18.9 Å². The molecule has 1 aliphatic rings. The number of rotatable bonds is 4. The van der Waals surface area contributed by atoms with Gasteiger partial charge in [-0.05, 0) is 6.92 Å². The van der Waals surface area contributed by atoms with Crippen LogP contribution in [-0.4, -0.2) is 42.5 Å². The van der Waals surface area contributed by atoms with Crippen molar-refractivity contribution in [2.45, 2.75) is 66.1 Å². The van der Waals surface area contributed by atoms with Crippen molar-refractivity contribution >= 4 is 17.9 Å². The molecule has 0 spiro atoms. The molecular weight excluding hydrogens is 292 g/mol. The van der Waals surface area contributed by atoms with Crippen LogP contribution in [0.4, 0.5) is 0 Å². The molecule has 1 aliphatic heterocycles. The molecule has 0 aliphatic carbocycles. The molecule has 126 valence electrons. The SMILES string of the molecule is CC(=O)OC1O[C@@H]([C@@H](C)OC(C)=O)[C@@H](C)[C@@H](OC(C)=O)[C@@H]1C. The van der Waals surface area contributed by atoms with Gasteiger partial charge in [-0.2, -0.15) is 0 Å². The molecule has 0 N–H and O–H groups in total. The summed E-state index contributed by atoms with van der Waals surface area (Å²) in [4.78, 5) is 33.7. The van der Waals surface area contributed by atoms with Gasteiger partial charge in [-0.1, -0.05) is 13.8 Å². The van der Waals surface area contributed by atoms with Crippen LogP contribution < -0.4 is 0 Å². The van der Waals surface area contributed by atoms with Crippen LogP contribution in [-0.2, 0) is 33.3 Å². The number of hydrogen-bond acceptors (Lipinski definition) is 7. The minimum Gasteiger partial charge on any atom is -0.462 e. The first-order valence-electron chi connectivity index (χ1n) is 7.30. The standard InChI is InChI=1S/C15H24O7/c1-7-13(20-11(5)17)8(2)15(21-12(6)18)22-14(7)9(3)19-10(4)16/h7-9,13-15H,1-6H3/t7-,8-,9+,13+,14+,15?/m0/s1. The molecule has 0 aromatic carbocycles. The zero-order valence-corrected chi connectivity index (χ0v) is 13.8. The number of carbonyl (C=O) groups excluding carboxylic acids is 3. The Morgan fingerprint density at radius 2 is 1.45 bits per heavy atom. The average molecular weight is 316 g/mol. The summed E-state index contributed by atoms with van der Waals surface area (Å²) < 4.78 is 21.5. The minimum absolute atomic E-state index is 0.222. The van der Waals surface area contributed by atoms with Gasteiger partial charge in [-0.25, -0.2) is 0 Å².